The quantitative estimate of drug-likeness (QED) is 0.707. The summed E-state index contributed by atoms with van der Waals surface area (Å²) >= 11 is 5.74. The summed E-state index contributed by atoms with van der Waals surface area (Å²) < 4.78 is 10.5. The molecule has 1 rings (SSSR count). The molecule has 1 aromatic heterocycles. The monoisotopic (exact) mass is 204 g/mol. The molecule has 0 aliphatic rings. The summed E-state index contributed by atoms with van der Waals surface area (Å²) in [5.41, 5.74) is 0. The van der Waals surface area contributed by atoms with Gasteiger partial charge in [-0.2, -0.15) is 0 Å². The zero-order valence-electron chi connectivity index (χ0n) is 7.95. The van der Waals surface area contributed by atoms with Crippen molar-refractivity contribution in [2.45, 2.75) is 38.9 Å². The Morgan fingerprint density at radius 3 is 2.54 bits per heavy atom. The molecule has 5 heteroatoms. The summed E-state index contributed by atoms with van der Waals surface area (Å²) in [6.07, 6.45) is 0.156. The van der Waals surface area contributed by atoms with Gasteiger partial charge in [0.25, 0.3) is 0 Å². The van der Waals surface area contributed by atoms with Crippen molar-refractivity contribution in [3.63, 3.8) is 0 Å². The van der Waals surface area contributed by atoms with Crippen LogP contribution in [0.1, 0.15) is 37.9 Å². The summed E-state index contributed by atoms with van der Waals surface area (Å²) in [4.78, 5) is 0. The molecular formula is C8H13ClN2O2. The van der Waals surface area contributed by atoms with E-state index >= 15 is 0 Å². The van der Waals surface area contributed by atoms with Crippen LogP contribution < -0.4 is 0 Å². The maximum atomic E-state index is 5.74. The van der Waals surface area contributed by atoms with Gasteiger partial charge in [-0.25, -0.2) is 0 Å². The molecule has 0 N–H and O–H groups in total. The number of halogens is 1. The van der Waals surface area contributed by atoms with E-state index in [4.69, 9.17) is 20.8 Å². The number of hydrogen-bond acceptors (Lipinski definition) is 4. The molecule has 4 nitrogen and oxygen atoms in total. The third-order valence-corrected chi connectivity index (χ3v) is 1.55. The second kappa shape index (κ2) is 4.58. The number of rotatable bonds is 4. The minimum Gasteiger partial charge on any atom is -0.421 e. The maximum Gasteiger partial charge on any atom is 0.242 e. The standard InChI is InChI=1S/C8H13ClN2O2/c1-5(2)12-4-7-10-11-8(13-7)6(3)9/h5-6H,4H2,1-3H3. The zero-order valence-corrected chi connectivity index (χ0v) is 8.71. The van der Waals surface area contributed by atoms with Gasteiger partial charge in [0.2, 0.25) is 11.8 Å². The van der Waals surface area contributed by atoms with Gasteiger partial charge in [0, 0.05) is 0 Å². The van der Waals surface area contributed by atoms with Crippen LogP contribution in [-0.4, -0.2) is 16.3 Å². The third-order valence-electron chi connectivity index (χ3n) is 1.36. The smallest absolute Gasteiger partial charge is 0.242 e. The van der Waals surface area contributed by atoms with E-state index in [0.717, 1.165) is 0 Å². The molecule has 13 heavy (non-hydrogen) atoms. The first-order valence-electron chi connectivity index (χ1n) is 4.17. The number of nitrogens with zero attached hydrogens (tertiary/aromatic N) is 2. The molecule has 0 aliphatic heterocycles. The normalized spacial score (nSPS) is 13.6. The van der Waals surface area contributed by atoms with E-state index in [1.54, 1.807) is 6.92 Å². The summed E-state index contributed by atoms with van der Waals surface area (Å²) in [6.45, 7) is 6.01. The third kappa shape index (κ3) is 3.32. The topological polar surface area (TPSA) is 48.2 Å². The van der Waals surface area contributed by atoms with E-state index in [1.165, 1.54) is 0 Å². The van der Waals surface area contributed by atoms with Crippen molar-refractivity contribution in [3.8, 4) is 0 Å². The molecule has 0 saturated heterocycles. The Balaban J connectivity index is 2.49. The minimum atomic E-state index is -0.250. The van der Waals surface area contributed by atoms with Crippen LogP contribution in [-0.2, 0) is 11.3 Å². The molecule has 0 bridgehead atoms. The lowest BCUT2D eigenvalue weighted by Crippen LogP contribution is -2.02. The molecule has 74 valence electrons. The Morgan fingerprint density at radius 2 is 2.08 bits per heavy atom. The van der Waals surface area contributed by atoms with Gasteiger partial charge in [-0.05, 0) is 20.8 Å². The van der Waals surface area contributed by atoms with Gasteiger partial charge >= 0.3 is 0 Å². The lowest BCUT2D eigenvalue weighted by atomic mass is 10.5. The van der Waals surface area contributed by atoms with Crippen molar-refractivity contribution >= 4 is 11.6 Å². The van der Waals surface area contributed by atoms with Gasteiger partial charge in [0.05, 0.1) is 6.10 Å². The fourth-order valence-electron chi connectivity index (χ4n) is 0.724. The average Bonchev–Trinajstić information content (AvgIpc) is 2.48. The molecule has 0 radical (unpaired) electrons. The van der Waals surface area contributed by atoms with Crippen LogP contribution in [0.15, 0.2) is 4.42 Å². The van der Waals surface area contributed by atoms with E-state index < -0.39 is 0 Å². The van der Waals surface area contributed by atoms with Crippen LogP contribution in [0, 0.1) is 0 Å². The Hall–Kier alpha value is -0.610. The molecule has 1 atom stereocenters. The molecule has 0 aliphatic carbocycles. The molecule has 0 saturated carbocycles. The number of hydrogen-bond donors (Lipinski definition) is 0. The SMILES string of the molecule is CC(C)OCc1nnc(C(C)Cl)o1. The zero-order chi connectivity index (χ0) is 9.84. The second-order valence-corrected chi connectivity index (χ2v) is 3.66. The van der Waals surface area contributed by atoms with Crippen LogP contribution in [0.3, 0.4) is 0 Å². The van der Waals surface area contributed by atoms with Crippen LogP contribution in [0.5, 0.6) is 0 Å². The van der Waals surface area contributed by atoms with Crippen molar-refractivity contribution in [2.24, 2.45) is 0 Å². The van der Waals surface area contributed by atoms with Crippen molar-refractivity contribution in [1.29, 1.82) is 0 Å². The van der Waals surface area contributed by atoms with Gasteiger partial charge in [-0.15, -0.1) is 21.8 Å². The molecular weight excluding hydrogens is 192 g/mol. The van der Waals surface area contributed by atoms with E-state index in [9.17, 15) is 0 Å². The predicted molar refractivity (Wildman–Crippen MR) is 48.5 cm³/mol. The number of aromatic nitrogens is 2. The molecule has 1 aromatic rings. The fraction of sp³-hybridized carbons (Fsp3) is 0.750. The Bertz CT molecular complexity index is 260. The van der Waals surface area contributed by atoms with Crippen molar-refractivity contribution in [3.05, 3.63) is 11.8 Å². The maximum absolute atomic E-state index is 5.74. The first-order chi connectivity index (χ1) is 6.09. The molecule has 0 aromatic carbocycles. The molecule has 0 fully saturated rings. The van der Waals surface area contributed by atoms with Gasteiger partial charge in [-0.1, -0.05) is 0 Å². The number of alkyl halides is 1. The lowest BCUT2D eigenvalue weighted by molar-refractivity contribution is 0.0511. The molecule has 1 unspecified atom stereocenters. The first-order valence-corrected chi connectivity index (χ1v) is 4.61. The van der Waals surface area contributed by atoms with Crippen LogP contribution >= 0.6 is 11.6 Å². The predicted octanol–water partition coefficient (Wildman–Crippen LogP) is 2.29. The first kappa shape index (κ1) is 10.5. The molecule has 1 heterocycles. The van der Waals surface area contributed by atoms with Gasteiger partial charge in [0.1, 0.15) is 12.0 Å². The van der Waals surface area contributed by atoms with E-state index in [0.29, 0.717) is 18.4 Å². The highest BCUT2D eigenvalue weighted by Gasteiger charge is 2.11. The minimum absolute atomic E-state index is 0.156. The van der Waals surface area contributed by atoms with Crippen molar-refractivity contribution < 1.29 is 9.15 Å². The highest BCUT2D eigenvalue weighted by molar-refractivity contribution is 6.20. The van der Waals surface area contributed by atoms with Crippen LogP contribution in [0.4, 0.5) is 0 Å². The number of ether oxygens (including phenoxy) is 1. The Labute approximate surface area is 82.2 Å². The van der Waals surface area contributed by atoms with Crippen LogP contribution in [0.2, 0.25) is 0 Å². The highest BCUT2D eigenvalue weighted by Crippen LogP contribution is 2.17. The average molecular weight is 205 g/mol. The second-order valence-electron chi connectivity index (χ2n) is 3.01. The van der Waals surface area contributed by atoms with E-state index in [-0.39, 0.29) is 11.5 Å². The van der Waals surface area contributed by atoms with Crippen molar-refractivity contribution in [2.75, 3.05) is 0 Å². The molecule has 0 amide bonds. The summed E-state index contributed by atoms with van der Waals surface area (Å²) in [6, 6.07) is 0. The summed E-state index contributed by atoms with van der Waals surface area (Å²) in [5, 5.41) is 7.30. The van der Waals surface area contributed by atoms with Crippen molar-refractivity contribution in [1.82, 2.24) is 10.2 Å². The lowest BCUT2D eigenvalue weighted by Gasteiger charge is -2.02. The Kier molecular flexibility index (Phi) is 3.69. The fourth-order valence-corrected chi connectivity index (χ4v) is 0.812. The highest BCUT2D eigenvalue weighted by atomic mass is 35.5. The summed E-state index contributed by atoms with van der Waals surface area (Å²) in [5.74, 6) is 0.903. The van der Waals surface area contributed by atoms with E-state index in [1.807, 2.05) is 13.8 Å². The Morgan fingerprint density at radius 1 is 1.38 bits per heavy atom. The summed E-state index contributed by atoms with van der Waals surface area (Å²) in [7, 11) is 0. The molecule has 0 spiro atoms. The van der Waals surface area contributed by atoms with Gasteiger partial charge in [-0.3, -0.25) is 0 Å². The van der Waals surface area contributed by atoms with E-state index in [2.05, 4.69) is 10.2 Å². The van der Waals surface area contributed by atoms with Crippen LogP contribution in [0.25, 0.3) is 0 Å². The largest absolute Gasteiger partial charge is 0.421 e. The van der Waals surface area contributed by atoms with Gasteiger partial charge in [0.15, 0.2) is 0 Å². The van der Waals surface area contributed by atoms with Gasteiger partial charge < -0.3 is 9.15 Å².